The molecule has 0 spiro atoms. The van der Waals surface area contributed by atoms with Crippen LogP contribution >= 0.6 is 11.6 Å². The molecule has 0 heterocycles. The van der Waals surface area contributed by atoms with Crippen LogP contribution in [0.2, 0.25) is 5.02 Å². The molecule has 1 aliphatic carbocycles. The van der Waals surface area contributed by atoms with Crippen molar-refractivity contribution < 1.29 is 22.8 Å². The van der Waals surface area contributed by atoms with E-state index in [2.05, 4.69) is 10.6 Å². The van der Waals surface area contributed by atoms with Crippen molar-refractivity contribution in [2.75, 3.05) is 11.9 Å². The molecule has 2 rings (SSSR count). The summed E-state index contributed by atoms with van der Waals surface area (Å²) in [7, 11) is 0. The third-order valence-corrected chi connectivity index (χ3v) is 4.16. The number of halogens is 4. The van der Waals surface area contributed by atoms with E-state index in [0.717, 1.165) is 18.2 Å². The van der Waals surface area contributed by atoms with Gasteiger partial charge in [-0.25, -0.2) is 0 Å². The van der Waals surface area contributed by atoms with Gasteiger partial charge in [-0.1, -0.05) is 25.4 Å². The lowest BCUT2D eigenvalue weighted by atomic mass is 10.0. The molecule has 2 amide bonds. The van der Waals surface area contributed by atoms with Gasteiger partial charge in [-0.15, -0.1) is 0 Å². The first-order chi connectivity index (χ1) is 11.1. The Balaban J connectivity index is 2.14. The fourth-order valence-corrected chi connectivity index (χ4v) is 2.35. The van der Waals surface area contributed by atoms with E-state index >= 15 is 0 Å². The molecule has 1 fully saturated rings. The number of benzene rings is 1. The number of rotatable bonds is 5. The number of carbonyl (C=O) groups is 2. The maximum absolute atomic E-state index is 12.8. The second-order valence-electron chi connectivity index (χ2n) is 6.33. The molecule has 0 saturated heterocycles. The fourth-order valence-electron chi connectivity index (χ4n) is 2.19. The number of nitrogens with one attached hydrogen (secondary N) is 2. The van der Waals surface area contributed by atoms with Gasteiger partial charge in [0.15, 0.2) is 0 Å². The van der Waals surface area contributed by atoms with Crippen LogP contribution in [-0.2, 0) is 15.8 Å². The highest BCUT2D eigenvalue weighted by Gasteiger charge is 2.56. The van der Waals surface area contributed by atoms with Gasteiger partial charge in [0.1, 0.15) is 5.41 Å². The second-order valence-corrected chi connectivity index (χ2v) is 6.74. The summed E-state index contributed by atoms with van der Waals surface area (Å²) in [5.74, 6) is -0.812. The standard InChI is InChI=1S/C16H18ClF3N2O2/c1-9(2)8-21-13(23)15(5-6-15)14(24)22-12-7-10(16(18,19)20)3-4-11(12)17/h3-4,7,9H,5-6,8H2,1-2H3,(H,21,23)(H,22,24). The quantitative estimate of drug-likeness (QED) is 0.782. The number of alkyl halides is 3. The Hall–Kier alpha value is -1.76. The summed E-state index contributed by atoms with van der Waals surface area (Å²) in [6.45, 7) is 4.27. The van der Waals surface area contributed by atoms with Crippen molar-refractivity contribution in [3.05, 3.63) is 28.8 Å². The molecule has 0 aromatic heterocycles. The Morgan fingerprint density at radius 2 is 1.88 bits per heavy atom. The van der Waals surface area contributed by atoms with Gasteiger partial charge in [-0.2, -0.15) is 13.2 Å². The van der Waals surface area contributed by atoms with Gasteiger partial charge in [0.05, 0.1) is 16.3 Å². The van der Waals surface area contributed by atoms with Gasteiger partial charge >= 0.3 is 6.18 Å². The first-order valence-electron chi connectivity index (χ1n) is 7.53. The molecule has 1 saturated carbocycles. The minimum atomic E-state index is -4.55. The molecule has 0 radical (unpaired) electrons. The lowest BCUT2D eigenvalue weighted by Crippen LogP contribution is -2.41. The molecular formula is C16H18ClF3N2O2. The van der Waals surface area contributed by atoms with Crippen LogP contribution in [0.4, 0.5) is 18.9 Å². The molecule has 0 aliphatic heterocycles. The Morgan fingerprint density at radius 3 is 2.38 bits per heavy atom. The number of hydrogen-bond donors (Lipinski definition) is 2. The Kier molecular flexibility index (Phi) is 5.13. The first kappa shape index (κ1) is 18.6. The summed E-state index contributed by atoms with van der Waals surface area (Å²) in [6, 6.07) is 2.67. The predicted octanol–water partition coefficient (Wildman–Crippen LogP) is 3.85. The van der Waals surface area contributed by atoms with E-state index in [0.29, 0.717) is 19.4 Å². The van der Waals surface area contributed by atoms with Crippen LogP contribution in [0.3, 0.4) is 0 Å². The highest BCUT2D eigenvalue weighted by molar-refractivity contribution is 6.34. The highest BCUT2D eigenvalue weighted by Crippen LogP contribution is 2.47. The van der Waals surface area contributed by atoms with Crippen LogP contribution in [-0.4, -0.2) is 18.4 Å². The third kappa shape index (κ3) is 4.01. The Bertz CT molecular complexity index is 655. The summed E-state index contributed by atoms with van der Waals surface area (Å²) in [5, 5.41) is 5.03. The van der Waals surface area contributed by atoms with Crippen LogP contribution in [0.25, 0.3) is 0 Å². The van der Waals surface area contributed by atoms with Gasteiger partial charge in [-0.3, -0.25) is 9.59 Å². The maximum Gasteiger partial charge on any atom is 0.416 e. The van der Waals surface area contributed by atoms with E-state index in [1.165, 1.54) is 0 Å². The van der Waals surface area contributed by atoms with Crippen molar-refractivity contribution in [3.63, 3.8) is 0 Å². The zero-order valence-electron chi connectivity index (χ0n) is 13.3. The minimum Gasteiger partial charge on any atom is -0.355 e. The largest absolute Gasteiger partial charge is 0.416 e. The van der Waals surface area contributed by atoms with Crippen molar-refractivity contribution in [3.8, 4) is 0 Å². The van der Waals surface area contributed by atoms with Crippen LogP contribution in [0, 0.1) is 11.3 Å². The third-order valence-electron chi connectivity index (χ3n) is 3.83. The van der Waals surface area contributed by atoms with E-state index in [1.54, 1.807) is 0 Å². The normalized spacial score (nSPS) is 16.0. The fraction of sp³-hybridized carbons (Fsp3) is 0.500. The number of carbonyl (C=O) groups excluding carboxylic acids is 2. The van der Waals surface area contributed by atoms with E-state index in [1.807, 2.05) is 13.8 Å². The summed E-state index contributed by atoms with van der Waals surface area (Å²) in [6.07, 6.45) is -3.82. The summed E-state index contributed by atoms with van der Waals surface area (Å²) in [5.41, 5.74) is -2.29. The van der Waals surface area contributed by atoms with E-state index < -0.39 is 29.0 Å². The molecule has 2 N–H and O–H groups in total. The average Bonchev–Trinajstić information content (AvgIpc) is 3.27. The Morgan fingerprint density at radius 1 is 1.25 bits per heavy atom. The number of anilines is 1. The molecule has 8 heteroatoms. The maximum atomic E-state index is 12.8. The van der Waals surface area contributed by atoms with Gasteiger partial charge in [-0.05, 0) is 37.0 Å². The molecule has 24 heavy (non-hydrogen) atoms. The first-order valence-corrected chi connectivity index (χ1v) is 7.90. The second kappa shape index (κ2) is 6.63. The number of hydrogen-bond acceptors (Lipinski definition) is 2. The van der Waals surface area contributed by atoms with E-state index in [-0.39, 0.29) is 16.6 Å². The van der Waals surface area contributed by atoms with Crippen LogP contribution in [0.15, 0.2) is 18.2 Å². The Labute approximate surface area is 142 Å². The smallest absolute Gasteiger partial charge is 0.355 e. The summed E-state index contributed by atoms with van der Waals surface area (Å²) in [4.78, 5) is 24.6. The van der Waals surface area contributed by atoms with Crippen molar-refractivity contribution in [2.45, 2.75) is 32.9 Å². The average molecular weight is 363 g/mol. The van der Waals surface area contributed by atoms with E-state index in [4.69, 9.17) is 11.6 Å². The van der Waals surface area contributed by atoms with Crippen molar-refractivity contribution in [2.24, 2.45) is 11.3 Å². The van der Waals surface area contributed by atoms with Crippen molar-refractivity contribution in [1.29, 1.82) is 0 Å². The van der Waals surface area contributed by atoms with E-state index in [9.17, 15) is 22.8 Å². The molecule has 1 aromatic rings. The summed E-state index contributed by atoms with van der Waals surface area (Å²) >= 11 is 5.86. The van der Waals surface area contributed by atoms with Gasteiger partial charge < -0.3 is 10.6 Å². The minimum absolute atomic E-state index is 0.0188. The predicted molar refractivity (Wildman–Crippen MR) is 84.6 cm³/mol. The molecule has 132 valence electrons. The van der Waals surface area contributed by atoms with Crippen LogP contribution < -0.4 is 10.6 Å². The number of amides is 2. The molecule has 0 atom stereocenters. The van der Waals surface area contributed by atoms with Crippen LogP contribution in [0.1, 0.15) is 32.3 Å². The van der Waals surface area contributed by atoms with Gasteiger partial charge in [0.2, 0.25) is 11.8 Å². The molecule has 1 aliphatic rings. The molecule has 1 aromatic carbocycles. The summed E-state index contributed by atoms with van der Waals surface area (Å²) < 4.78 is 38.3. The van der Waals surface area contributed by atoms with Gasteiger partial charge in [0, 0.05) is 6.54 Å². The monoisotopic (exact) mass is 362 g/mol. The zero-order valence-corrected chi connectivity index (χ0v) is 14.0. The molecule has 4 nitrogen and oxygen atoms in total. The molecular weight excluding hydrogens is 345 g/mol. The highest BCUT2D eigenvalue weighted by atomic mass is 35.5. The van der Waals surface area contributed by atoms with Crippen molar-refractivity contribution in [1.82, 2.24) is 5.32 Å². The lowest BCUT2D eigenvalue weighted by Gasteiger charge is -2.17. The SMILES string of the molecule is CC(C)CNC(=O)C1(C(=O)Nc2cc(C(F)(F)F)ccc2Cl)CC1. The van der Waals surface area contributed by atoms with Crippen LogP contribution in [0.5, 0.6) is 0 Å². The zero-order chi connectivity index (χ0) is 18.1. The molecule has 0 unspecified atom stereocenters. The molecule has 0 bridgehead atoms. The topological polar surface area (TPSA) is 58.2 Å². The van der Waals surface area contributed by atoms with Gasteiger partial charge in [0.25, 0.3) is 0 Å². The lowest BCUT2D eigenvalue weighted by molar-refractivity contribution is -0.138. The van der Waals surface area contributed by atoms with Crippen molar-refractivity contribution >= 4 is 29.1 Å².